The Hall–Kier alpha value is -0.0900. The van der Waals surface area contributed by atoms with Gasteiger partial charge >= 0.3 is 0 Å². The zero-order valence-electron chi connectivity index (χ0n) is 13.6. The lowest BCUT2D eigenvalue weighted by Gasteiger charge is -2.32. The van der Waals surface area contributed by atoms with E-state index in [1.807, 2.05) is 0 Å². The molecule has 1 unspecified atom stereocenters. The number of nitrogens with one attached hydrogen (secondary N) is 1. The van der Waals surface area contributed by atoms with Gasteiger partial charge in [0.05, 0.1) is 11.0 Å². The van der Waals surface area contributed by atoms with Gasteiger partial charge in [-0.15, -0.1) is 0 Å². The fourth-order valence-electron chi connectivity index (χ4n) is 4.04. The van der Waals surface area contributed by atoms with Crippen LogP contribution in [0.3, 0.4) is 0 Å². The minimum absolute atomic E-state index is 0.0548. The van der Waals surface area contributed by atoms with Gasteiger partial charge in [0.2, 0.25) is 0 Å². The molecule has 2 rings (SSSR count). The minimum atomic E-state index is -2.92. The second kappa shape index (κ2) is 8.52. The number of sulfone groups is 1. The highest BCUT2D eigenvalue weighted by Gasteiger charge is 2.33. The van der Waals surface area contributed by atoms with Crippen LogP contribution in [0.25, 0.3) is 0 Å². The molecule has 0 bridgehead atoms. The summed E-state index contributed by atoms with van der Waals surface area (Å²) in [6.45, 7) is 3.10. The van der Waals surface area contributed by atoms with Gasteiger partial charge in [-0.05, 0) is 44.6 Å². The normalized spacial score (nSPS) is 24.0. The zero-order chi connectivity index (χ0) is 15.1. The fourth-order valence-corrected chi connectivity index (χ4v) is 6.25. The molecule has 0 radical (unpaired) electrons. The van der Waals surface area contributed by atoms with E-state index in [9.17, 15) is 8.42 Å². The molecule has 2 aliphatic rings. The summed E-state index contributed by atoms with van der Waals surface area (Å²) in [4.78, 5) is 0. The molecule has 0 heterocycles. The van der Waals surface area contributed by atoms with Crippen molar-refractivity contribution in [3.05, 3.63) is 0 Å². The topological polar surface area (TPSA) is 46.2 Å². The van der Waals surface area contributed by atoms with Crippen LogP contribution in [0.5, 0.6) is 0 Å². The quantitative estimate of drug-likeness (QED) is 0.779. The molecule has 3 nitrogen and oxygen atoms in total. The number of hydrogen-bond acceptors (Lipinski definition) is 3. The summed E-state index contributed by atoms with van der Waals surface area (Å²) in [6, 6.07) is 0.192. The van der Waals surface area contributed by atoms with E-state index in [2.05, 4.69) is 12.2 Å². The Kier molecular flexibility index (Phi) is 7.00. The maximum atomic E-state index is 12.8. The molecule has 0 aromatic carbocycles. The molecule has 0 amide bonds. The number of hydrogen-bond donors (Lipinski definition) is 1. The summed E-state index contributed by atoms with van der Waals surface area (Å²) in [5.41, 5.74) is 0. The molecule has 1 atom stereocenters. The maximum absolute atomic E-state index is 12.8. The Bertz CT molecular complexity index is 382. The predicted octanol–water partition coefficient (Wildman–Crippen LogP) is 3.68. The lowest BCUT2D eigenvalue weighted by molar-refractivity contribution is 0.282. The molecule has 4 heteroatoms. The third-order valence-electron chi connectivity index (χ3n) is 5.35. The van der Waals surface area contributed by atoms with E-state index in [1.165, 1.54) is 38.5 Å². The van der Waals surface area contributed by atoms with E-state index in [1.54, 1.807) is 0 Å². The first-order valence-corrected chi connectivity index (χ1v) is 10.8. The highest BCUT2D eigenvalue weighted by Crippen LogP contribution is 2.30. The molecule has 2 saturated carbocycles. The van der Waals surface area contributed by atoms with Crippen molar-refractivity contribution in [3.8, 4) is 0 Å². The molecular weight excluding hydrogens is 282 g/mol. The third-order valence-corrected chi connectivity index (χ3v) is 7.66. The van der Waals surface area contributed by atoms with Gasteiger partial charge in [-0.2, -0.15) is 0 Å². The van der Waals surface area contributed by atoms with E-state index in [4.69, 9.17) is 0 Å². The summed E-state index contributed by atoms with van der Waals surface area (Å²) in [6.07, 6.45) is 12.6. The van der Waals surface area contributed by atoms with Gasteiger partial charge in [0.25, 0.3) is 0 Å². The first kappa shape index (κ1) is 17.3. The first-order valence-electron chi connectivity index (χ1n) is 9.08. The van der Waals surface area contributed by atoms with Crippen LogP contribution < -0.4 is 5.32 Å². The van der Waals surface area contributed by atoms with Gasteiger partial charge in [0, 0.05) is 6.04 Å². The van der Waals surface area contributed by atoms with E-state index >= 15 is 0 Å². The second-order valence-corrected chi connectivity index (χ2v) is 9.37. The average molecular weight is 316 g/mol. The molecule has 0 aliphatic heterocycles. The van der Waals surface area contributed by atoms with Gasteiger partial charge in [-0.25, -0.2) is 8.42 Å². The standard InChI is InChI=1S/C17H33NO2S/c1-2-13-18-17(15-9-5-3-6-10-15)14-21(19,20)16-11-7-4-8-12-16/h15-18H,2-14H2,1H3. The van der Waals surface area contributed by atoms with Crippen LogP contribution in [0.15, 0.2) is 0 Å². The molecule has 0 spiro atoms. The van der Waals surface area contributed by atoms with Crippen molar-refractivity contribution in [2.24, 2.45) is 5.92 Å². The van der Waals surface area contributed by atoms with Crippen molar-refractivity contribution in [1.29, 1.82) is 0 Å². The Labute approximate surface area is 131 Å². The first-order chi connectivity index (χ1) is 10.1. The molecule has 0 aromatic heterocycles. The van der Waals surface area contributed by atoms with E-state index < -0.39 is 9.84 Å². The monoisotopic (exact) mass is 315 g/mol. The smallest absolute Gasteiger partial charge is 0.154 e. The average Bonchev–Trinajstić information content (AvgIpc) is 2.53. The lowest BCUT2D eigenvalue weighted by Crippen LogP contribution is -2.45. The van der Waals surface area contributed by atoms with Crippen molar-refractivity contribution < 1.29 is 8.42 Å². The Morgan fingerprint density at radius 1 is 0.952 bits per heavy atom. The lowest BCUT2D eigenvalue weighted by atomic mass is 9.84. The Morgan fingerprint density at radius 2 is 1.52 bits per heavy atom. The Balaban J connectivity index is 1.98. The van der Waals surface area contributed by atoms with Crippen LogP contribution in [0.4, 0.5) is 0 Å². The van der Waals surface area contributed by atoms with Gasteiger partial charge in [0.15, 0.2) is 9.84 Å². The molecule has 0 saturated heterocycles. The van der Waals surface area contributed by atoms with Gasteiger partial charge < -0.3 is 5.32 Å². The minimum Gasteiger partial charge on any atom is -0.313 e. The molecule has 0 aromatic rings. The zero-order valence-corrected chi connectivity index (χ0v) is 14.5. The fraction of sp³-hybridized carbons (Fsp3) is 1.00. The van der Waals surface area contributed by atoms with Crippen LogP contribution in [-0.2, 0) is 9.84 Å². The highest BCUT2D eigenvalue weighted by molar-refractivity contribution is 7.92. The summed E-state index contributed by atoms with van der Waals surface area (Å²) in [5.74, 6) is 0.950. The van der Waals surface area contributed by atoms with Gasteiger partial charge in [0.1, 0.15) is 0 Å². The summed E-state index contributed by atoms with van der Waals surface area (Å²) < 4.78 is 25.5. The summed E-state index contributed by atoms with van der Waals surface area (Å²) in [7, 11) is -2.92. The molecule has 1 N–H and O–H groups in total. The van der Waals surface area contributed by atoms with Crippen molar-refractivity contribution in [3.63, 3.8) is 0 Å². The second-order valence-electron chi connectivity index (χ2n) is 7.05. The van der Waals surface area contributed by atoms with Crippen LogP contribution in [0.1, 0.15) is 77.6 Å². The van der Waals surface area contributed by atoms with Crippen molar-refractivity contribution in [1.82, 2.24) is 5.32 Å². The largest absolute Gasteiger partial charge is 0.313 e. The van der Waals surface area contributed by atoms with E-state index in [0.29, 0.717) is 11.7 Å². The molecular formula is C17H33NO2S. The van der Waals surface area contributed by atoms with Crippen LogP contribution >= 0.6 is 0 Å². The molecule has 2 aliphatic carbocycles. The van der Waals surface area contributed by atoms with Gasteiger partial charge in [-0.1, -0.05) is 45.4 Å². The van der Waals surface area contributed by atoms with E-state index in [-0.39, 0.29) is 11.3 Å². The predicted molar refractivity (Wildman–Crippen MR) is 89.3 cm³/mol. The highest BCUT2D eigenvalue weighted by atomic mass is 32.2. The van der Waals surface area contributed by atoms with Crippen LogP contribution in [-0.4, -0.2) is 32.0 Å². The van der Waals surface area contributed by atoms with Crippen molar-refractivity contribution in [2.45, 2.75) is 88.8 Å². The van der Waals surface area contributed by atoms with Crippen LogP contribution in [0, 0.1) is 5.92 Å². The van der Waals surface area contributed by atoms with E-state index in [0.717, 1.165) is 38.6 Å². The van der Waals surface area contributed by atoms with Gasteiger partial charge in [-0.3, -0.25) is 0 Å². The SMILES string of the molecule is CCCNC(CS(=O)(=O)C1CCCCC1)C1CCCCC1. The maximum Gasteiger partial charge on any atom is 0.154 e. The Morgan fingerprint density at radius 3 is 2.10 bits per heavy atom. The van der Waals surface area contributed by atoms with Crippen molar-refractivity contribution >= 4 is 9.84 Å². The molecule has 124 valence electrons. The van der Waals surface area contributed by atoms with Crippen molar-refractivity contribution in [2.75, 3.05) is 12.3 Å². The summed E-state index contributed by atoms with van der Waals surface area (Å²) >= 11 is 0. The molecule has 21 heavy (non-hydrogen) atoms. The summed E-state index contributed by atoms with van der Waals surface area (Å²) in [5, 5.41) is 3.50. The third kappa shape index (κ3) is 5.24. The number of rotatable bonds is 7. The van der Waals surface area contributed by atoms with Crippen LogP contribution in [0.2, 0.25) is 0 Å². The molecule has 2 fully saturated rings.